The van der Waals surface area contributed by atoms with Gasteiger partial charge in [-0.3, -0.25) is 4.79 Å². The highest BCUT2D eigenvalue weighted by Gasteiger charge is 2.67. The second kappa shape index (κ2) is 6.41. The van der Waals surface area contributed by atoms with E-state index in [1.165, 1.54) is 30.4 Å². The van der Waals surface area contributed by atoms with Crippen LogP contribution in [0, 0.1) is 17.3 Å². The molecule has 1 amide bonds. The highest BCUT2D eigenvalue weighted by Crippen LogP contribution is 2.62. The van der Waals surface area contributed by atoms with Crippen LogP contribution >= 0.6 is 12.2 Å². The average Bonchev–Trinajstić information content (AvgIpc) is 3.40. The monoisotopic (exact) mass is 386 g/mol. The summed E-state index contributed by atoms with van der Waals surface area (Å²) in [7, 11) is 1.81. The van der Waals surface area contributed by atoms with Crippen molar-refractivity contribution < 1.29 is 9.53 Å². The quantitative estimate of drug-likeness (QED) is 0.722. The number of carbonyl (C=O) groups is 1. The summed E-state index contributed by atoms with van der Waals surface area (Å²) in [4.78, 5) is 13.3. The Balaban J connectivity index is 1.49. The summed E-state index contributed by atoms with van der Waals surface area (Å²) >= 11 is 5.41. The highest BCUT2D eigenvalue weighted by molar-refractivity contribution is 7.80. The van der Waals surface area contributed by atoms with E-state index in [0.717, 1.165) is 50.9 Å². The Morgan fingerprint density at radius 1 is 1.26 bits per heavy atom. The summed E-state index contributed by atoms with van der Waals surface area (Å²) in [5.41, 5.74) is 2.07. The Hall–Kier alpha value is -1.20. The van der Waals surface area contributed by atoms with Crippen LogP contribution in [0.4, 0.5) is 0 Å². The number of allylic oxidation sites excluding steroid dienone is 3. The fourth-order valence-corrected chi connectivity index (χ4v) is 6.52. The molecular weight excluding hydrogens is 356 g/mol. The third-order valence-electron chi connectivity index (χ3n) is 7.94. The van der Waals surface area contributed by atoms with E-state index in [-0.39, 0.29) is 11.3 Å². The summed E-state index contributed by atoms with van der Waals surface area (Å²) < 4.78 is 5.62. The molecule has 0 radical (unpaired) electrons. The summed E-state index contributed by atoms with van der Waals surface area (Å²) in [5, 5.41) is 6.95. The van der Waals surface area contributed by atoms with Gasteiger partial charge in [-0.15, -0.1) is 0 Å². The third-order valence-corrected chi connectivity index (χ3v) is 8.14. The largest absolute Gasteiger partial charge is 0.381 e. The van der Waals surface area contributed by atoms with Crippen LogP contribution in [0.1, 0.15) is 64.2 Å². The first-order chi connectivity index (χ1) is 13.1. The molecule has 1 aliphatic heterocycles. The van der Waals surface area contributed by atoms with Crippen molar-refractivity contribution in [3.05, 3.63) is 23.3 Å². The standard InChI is InChI=1S/C22H30N2O2S/c1-26-17-8-10-21(11-9-17)13-16-7-6-15(5-4-14-2-3-14)12-18(16)22(21)19(25)23-20(27)24-22/h6,12,14,16-17H,2-5,7-11,13H2,1H3,(H2,23,24,25,27). The topological polar surface area (TPSA) is 50.4 Å². The minimum Gasteiger partial charge on any atom is -0.381 e. The van der Waals surface area contributed by atoms with Gasteiger partial charge in [0.05, 0.1) is 6.10 Å². The molecule has 0 aromatic heterocycles. The molecule has 2 N–H and O–H groups in total. The van der Waals surface area contributed by atoms with Gasteiger partial charge in [0.15, 0.2) is 5.11 Å². The number of ether oxygens (including phenoxy) is 1. The molecule has 0 aromatic carbocycles. The fourth-order valence-electron chi connectivity index (χ4n) is 6.28. The molecule has 146 valence electrons. The lowest BCUT2D eigenvalue weighted by Crippen LogP contribution is -2.59. The molecule has 2 atom stereocenters. The first kappa shape index (κ1) is 17.9. The predicted molar refractivity (Wildman–Crippen MR) is 109 cm³/mol. The molecule has 4 nitrogen and oxygen atoms in total. The molecule has 2 unspecified atom stereocenters. The zero-order chi connectivity index (χ0) is 18.6. The Morgan fingerprint density at radius 2 is 2.04 bits per heavy atom. The van der Waals surface area contributed by atoms with Crippen LogP contribution in [0.25, 0.3) is 0 Å². The summed E-state index contributed by atoms with van der Waals surface area (Å²) in [6, 6.07) is 0. The van der Waals surface area contributed by atoms with Crippen LogP contribution in [-0.4, -0.2) is 29.8 Å². The average molecular weight is 387 g/mol. The van der Waals surface area contributed by atoms with Crippen LogP contribution in [0.2, 0.25) is 0 Å². The first-order valence-electron chi connectivity index (χ1n) is 10.6. The van der Waals surface area contributed by atoms with E-state index < -0.39 is 5.54 Å². The molecule has 5 rings (SSSR count). The number of thiocarbonyl (C=S) groups is 1. The summed E-state index contributed by atoms with van der Waals surface area (Å²) in [6.45, 7) is 0. The van der Waals surface area contributed by atoms with Gasteiger partial charge in [-0.25, -0.2) is 0 Å². The van der Waals surface area contributed by atoms with Gasteiger partial charge in [-0.2, -0.15) is 0 Å². The second-order valence-corrected chi connectivity index (χ2v) is 9.78. The zero-order valence-electron chi connectivity index (χ0n) is 16.2. The van der Waals surface area contributed by atoms with Crippen molar-refractivity contribution in [2.24, 2.45) is 17.3 Å². The third kappa shape index (κ3) is 2.72. The number of methoxy groups -OCH3 is 1. The number of fused-ring (bicyclic) bond motifs is 3. The molecule has 4 fully saturated rings. The normalized spacial score (nSPS) is 40.6. The lowest BCUT2D eigenvalue weighted by atomic mass is 9.61. The Bertz CT molecular complexity index is 731. The van der Waals surface area contributed by atoms with Crippen molar-refractivity contribution in [3.63, 3.8) is 0 Å². The molecule has 1 heterocycles. The zero-order valence-corrected chi connectivity index (χ0v) is 17.0. The Morgan fingerprint density at radius 3 is 2.67 bits per heavy atom. The van der Waals surface area contributed by atoms with E-state index in [4.69, 9.17) is 17.0 Å². The van der Waals surface area contributed by atoms with Gasteiger partial charge in [0, 0.05) is 12.5 Å². The molecule has 3 saturated carbocycles. The molecule has 0 bridgehead atoms. The minimum atomic E-state index is -0.632. The van der Waals surface area contributed by atoms with Crippen molar-refractivity contribution in [2.75, 3.05) is 7.11 Å². The van der Waals surface area contributed by atoms with E-state index in [1.807, 2.05) is 0 Å². The van der Waals surface area contributed by atoms with Crippen LogP contribution < -0.4 is 10.6 Å². The maximum Gasteiger partial charge on any atom is 0.256 e. The van der Waals surface area contributed by atoms with Gasteiger partial charge >= 0.3 is 0 Å². The molecule has 4 aliphatic carbocycles. The van der Waals surface area contributed by atoms with Crippen molar-refractivity contribution in [1.29, 1.82) is 0 Å². The number of hydrogen-bond donors (Lipinski definition) is 2. The number of rotatable bonds is 4. The van der Waals surface area contributed by atoms with E-state index in [2.05, 4.69) is 22.8 Å². The molecule has 1 saturated heterocycles. The van der Waals surface area contributed by atoms with Gasteiger partial charge < -0.3 is 15.4 Å². The summed E-state index contributed by atoms with van der Waals surface area (Å²) in [6.07, 6.45) is 16.7. The molecule has 5 heteroatoms. The maximum absolute atomic E-state index is 13.3. The van der Waals surface area contributed by atoms with Crippen LogP contribution in [0.15, 0.2) is 23.3 Å². The molecular formula is C22H30N2O2S. The van der Waals surface area contributed by atoms with Crippen LogP contribution in [0.5, 0.6) is 0 Å². The maximum atomic E-state index is 13.3. The Labute approximate surface area is 167 Å². The fraction of sp³-hybridized carbons (Fsp3) is 0.727. The number of amides is 1. The van der Waals surface area contributed by atoms with E-state index in [9.17, 15) is 4.79 Å². The van der Waals surface area contributed by atoms with Gasteiger partial charge in [0.2, 0.25) is 0 Å². The van der Waals surface area contributed by atoms with Crippen molar-refractivity contribution in [2.45, 2.75) is 75.9 Å². The summed E-state index contributed by atoms with van der Waals surface area (Å²) in [5.74, 6) is 1.49. The van der Waals surface area contributed by atoms with Gasteiger partial charge in [0.1, 0.15) is 5.54 Å². The number of carbonyl (C=O) groups excluding carboxylic acids is 1. The number of nitrogens with one attached hydrogen (secondary N) is 2. The lowest BCUT2D eigenvalue weighted by Gasteiger charge is -2.46. The molecule has 2 spiro atoms. The molecule has 5 aliphatic rings. The van der Waals surface area contributed by atoms with Gasteiger partial charge in [0.25, 0.3) is 5.91 Å². The van der Waals surface area contributed by atoms with Crippen LogP contribution in [-0.2, 0) is 9.53 Å². The van der Waals surface area contributed by atoms with E-state index >= 15 is 0 Å². The van der Waals surface area contributed by atoms with Crippen molar-refractivity contribution >= 4 is 23.2 Å². The molecule has 27 heavy (non-hydrogen) atoms. The van der Waals surface area contributed by atoms with Crippen molar-refractivity contribution in [3.8, 4) is 0 Å². The minimum absolute atomic E-state index is 0.0387. The van der Waals surface area contributed by atoms with E-state index in [0.29, 0.717) is 17.1 Å². The van der Waals surface area contributed by atoms with Gasteiger partial charge in [-0.05, 0) is 81.0 Å². The first-order valence-corrected chi connectivity index (χ1v) is 11.0. The van der Waals surface area contributed by atoms with E-state index in [1.54, 1.807) is 7.11 Å². The number of hydrogen-bond acceptors (Lipinski definition) is 3. The van der Waals surface area contributed by atoms with Gasteiger partial charge in [-0.1, -0.05) is 30.6 Å². The van der Waals surface area contributed by atoms with Crippen molar-refractivity contribution in [1.82, 2.24) is 10.6 Å². The predicted octanol–water partition coefficient (Wildman–Crippen LogP) is 3.77. The lowest BCUT2D eigenvalue weighted by molar-refractivity contribution is -0.128. The molecule has 0 aromatic rings. The van der Waals surface area contributed by atoms with Crippen LogP contribution in [0.3, 0.4) is 0 Å². The highest BCUT2D eigenvalue weighted by atomic mass is 32.1. The Kier molecular flexibility index (Phi) is 4.24. The smallest absolute Gasteiger partial charge is 0.256 e. The SMILES string of the molecule is COC1CCC2(CC1)CC1CC=C(CCC3CC3)C=C1C21NC(=S)NC1=O. The second-order valence-electron chi connectivity index (χ2n) is 9.37.